The van der Waals surface area contributed by atoms with Gasteiger partial charge in [-0.3, -0.25) is 8.98 Å². The Labute approximate surface area is 167 Å². The summed E-state index contributed by atoms with van der Waals surface area (Å²) in [7, 11) is -3.88. The lowest BCUT2D eigenvalue weighted by molar-refractivity contribution is -0.162. The van der Waals surface area contributed by atoms with Gasteiger partial charge >= 0.3 is 5.97 Å². The molecule has 3 atom stereocenters. The Morgan fingerprint density at radius 1 is 1.29 bits per heavy atom. The Balaban J connectivity index is 1.76. The molecule has 0 saturated carbocycles. The summed E-state index contributed by atoms with van der Waals surface area (Å²) in [6, 6.07) is 6.56. The molecule has 7 heteroatoms. The van der Waals surface area contributed by atoms with Gasteiger partial charge in [-0.05, 0) is 31.9 Å². The summed E-state index contributed by atoms with van der Waals surface area (Å²) in [4.78, 5) is 13.1. The number of aryl methyl sites for hydroxylation is 1. The third-order valence-corrected chi connectivity index (χ3v) is 7.10. The molecule has 154 valence electrons. The van der Waals surface area contributed by atoms with Crippen molar-refractivity contribution in [3.63, 3.8) is 0 Å². The van der Waals surface area contributed by atoms with E-state index in [1.54, 1.807) is 24.3 Å². The molecule has 1 heterocycles. The van der Waals surface area contributed by atoms with Crippen LogP contribution in [0.4, 0.5) is 0 Å². The number of allylic oxidation sites excluding steroid dienone is 1. The van der Waals surface area contributed by atoms with E-state index in [1.165, 1.54) is 0 Å². The normalized spacial score (nSPS) is 26.8. The molecule has 1 aliphatic carbocycles. The third-order valence-electron chi connectivity index (χ3n) is 5.81. The Morgan fingerprint density at radius 2 is 2.04 bits per heavy atom. The number of hydrogen-bond acceptors (Lipinski definition) is 6. The highest BCUT2D eigenvalue weighted by Crippen LogP contribution is 2.46. The number of benzene rings is 1. The van der Waals surface area contributed by atoms with Gasteiger partial charge in [0.2, 0.25) is 0 Å². The van der Waals surface area contributed by atoms with Crippen LogP contribution in [-0.2, 0) is 23.8 Å². The number of esters is 1. The molecule has 1 fully saturated rings. The lowest BCUT2D eigenvalue weighted by Gasteiger charge is -2.40. The molecule has 1 aromatic carbocycles. The van der Waals surface area contributed by atoms with Gasteiger partial charge in [0.05, 0.1) is 23.5 Å². The van der Waals surface area contributed by atoms with Gasteiger partial charge in [0.1, 0.15) is 0 Å². The zero-order valence-electron chi connectivity index (χ0n) is 16.5. The maximum absolute atomic E-state index is 13.0. The summed E-state index contributed by atoms with van der Waals surface area (Å²) in [5, 5.41) is 3.28. The highest BCUT2D eigenvalue weighted by Gasteiger charge is 2.55. The molecular weight excluding hydrogens is 378 g/mol. The SMILES string of the molecule is CCCCOC(=O)C12CNCC1C=CCC2COS(=O)(=O)c1ccc(C)cc1. The molecule has 1 N–H and O–H groups in total. The van der Waals surface area contributed by atoms with E-state index in [4.69, 9.17) is 8.92 Å². The molecule has 6 nitrogen and oxygen atoms in total. The van der Waals surface area contributed by atoms with Gasteiger partial charge in [-0.1, -0.05) is 43.2 Å². The van der Waals surface area contributed by atoms with Crippen molar-refractivity contribution < 1.29 is 22.1 Å². The van der Waals surface area contributed by atoms with E-state index in [0.29, 0.717) is 26.1 Å². The van der Waals surface area contributed by atoms with Crippen LogP contribution in [0.1, 0.15) is 31.7 Å². The minimum absolute atomic E-state index is 0.00828. The molecule has 0 spiro atoms. The van der Waals surface area contributed by atoms with Gasteiger partial charge in [-0.15, -0.1) is 0 Å². The predicted molar refractivity (Wildman–Crippen MR) is 106 cm³/mol. The summed E-state index contributed by atoms with van der Waals surface area (Å²) in [6.45, 7) is 5.45. The van der Waals surface area contributed by atoms with Crippen LogP contribution < -0.4 is 5.32 Å². The summed E-state index contributed by atoms with van der Waals surface area (Å²) in [6.07, 6.45) is 6.42. The quantitative estimate of drug-likeness (QED) is 0.309. The van der Waals surface area contributed by atoms with Crippen LogP contribution >= 0.6 is 0 Å². The Bertz CT molecular complexity index is 818. The number of rotatable bonds is 8. The first-order valence-electron chi connectivity index (χ1n) is 9.91. The number of hydrogen-bond donors (Lipinski definition) is 1. The topological polar surface area (TPSA) is 81.7 Å². The van der Waals surface area contributed by atoms with Gasteiger partial charge in [0.25, 0.3) is 10.1 Å². The smallest absolute Gasteiger partial charge is 0.314 e. The molecule has 28 heavy (non-hydrogen) atoms. The molecule has 0 amide bonds. The second-order valence-electron chi connectivity index (χ2n) is 7.68. The van der Waals surface area contributed by atoms with Crippen molar-refractivity contribution in [1.82, 2.24) is 5.32 Å². The molecule has 0 aromatic heterocycles. The molecular formula is C21H29NO5S. The second-order valence-corrected chi connectivity index (χ2v) is 9.30. The van der Waals surface area contributed by atoms with Crippen LogP contribution in [0.3, 0.4) is 0 Å². The monoisotopic (exact) mass is 407 g/mol. The van der Waals surface area contributed by atoms with Crippen molar-refractivity contribution >= 4 is 16.1 Å². The molecule has 3 unspecified atom stereocenters. The maximum Gasteiger partial charge on any atom is 0.314 e. The third kappa shape index (κ3) is 4.16. The first kappa shape index (κ1) is 21.0. The standard InChI is InChI=1S/C21H29NO5S/c1-3-4-12-26-20(23)21-15-22-13-17(21)6-5-7-18(21)14-27-28(24,25)19-10-8-16(2)9-11-19/h5-6,8-11,17-18,22H,3-4,7,12-15H2,1-2H3. The van der Waals surface area contributed by atoms with Crippen molar-refractivity contribution in [1.29, 1.82) is 0 Å². The number of fused-ring (bicyclic) bond motifs is 1. The summed E-state index contributed by atoms with van der Waals surface area (Å²) in [5.74, 6) is -0.514. The average Bonchev–Trinajstić information content (AvgIpc) is 3.12. The lowest BCUT2D eigenvalue weighted by atomic mass is 9.64. The number of carbonyl (C=O) groups excluding carboxylic acids is 1. The molecule has 3 rings (SSSR count). The summed E-state index contributed by atoms with van der Waals surface area (Å²) < 4.78 is 36.2. The minimum atomic E-state index is -3.88. The molecule has 1 aliphatic heterocycles. The summed E-state index contributed by atoms with van der Waals surface area (Å²) in [5.41, 5.74) is 0.204. The van der Waals surface area contributed by atoms with Crippen LogP contribution in [0, 0.1) is 24.2 Å². The Morgan fingerprint density at radius 3 is 2.75 bits per heavy atom. The fourth-order valence-electron chi connectivity index (χ4n) is 4.05. The van der Waals surface area contributed by atoms with Gasteiger partial charge < -0.3 is 10.1 Å². The van der Waals surface area contributed by atoms with Gasteiger partial charge in [0, 0.05) is 24.9 Å². The number of nitrogens with one attached hydrogen (secondary N) is 1. The fourth-order valence-corrected chi connectivity index (χ4v) is 5.00. The predicted octanol–water partition coefficient (Wildman–Crippen LogP) is 2.83. The van der Waals surface area contributed by atoms with Crippen molar-refractivity contribution in [2.24, 2.45) is 17.3 Å². The Kier molecular flexibility index (Phi) is 6.58. The van der Waals surface area contributed by atoms with E-state index in [9.17, 15) is 13.2 Å². The van der Waals surface area contributed by atoms with E-state index in [-0.39, 0.29) is 29.3 Å². The molecule has 2 aliphatic rings. The van der Waals surface area contributed by atoms with Crippen LogP contribution in [-0.4, -0.2) is 40.7 Å². The zero-order valence-corrected chi connectivity index (χ0v) is 17.3. The highest BCUT2D eigenvalue weighted by atomic mass is 32.2. The number of unbranched alkanes of at least 4 members (excludes halogenated alkanes) is 1. The van der Waals surface area contributed by atoms with Gasteiger partial charge in [-0.2, -0.15) is 8.42 Å². The molecule has 0 bridgehead atoms. The first-order chi connectivity index (χ1) is 13.4. The van der Waals surface area contributed by atoms with E-state index in [1.807, 2.05) is 26.0 Å². The number of ether oxygens (including phenoxy) is 1. The molecule has 1 saturated heterocycles. The minimum Gasteiger partial charge on any atom is -0.465 e. The van der Waals surface area contributed by atoms with Crippen LogP contribution in [0.25, 0.3) is 0 Å². The van der Waals surface area contributed by atoms with E-state index >= 15 is 0 Å². The van der Waals surface area contributed by atoms with Crippen molar-refractivity contribution in [3.8, 4) is 0 Å². The van der Waals surface area contributed by atoms with Crippen LogP contribution in [0.5, 0.6) is 0 Å². The summed E-state index contributed by atoms with van der Waals surface area (Å²) >= 11 is 0. The lowest BCUT2D eigenvalue weighted by Crippen LogP contribution is -2.49. The highest BCUT2D eigenvalue weighted by molar-refractivity contribution is 7.86. The van der Waals surface area contributed by atoms with Crippen molar-refractivity contribution in [2.75, 3.05) is 26.3 Å². The fraction of sp³-hybridized carbons (Fsp3) is 0.571. The van der Waals surface area contributed by atoms with E-state index in [2.05, 4.69) is 5.32 Å². The Hall–Kier alpha value is -1.70. The van der Waals surface area contributed by atoms with Crippen LogP contribution in [0.2, 0.25) is 0 Å². The molecule has 1 aromatic rings. The zero-order chi connectivity index (χ0) is 20.2. The van der Waals surface area contributed by atoms with E-state index < -0.39 is 15.5 Å². The average molecular weight is 408 g/mol. The van der Waals surface area contributed by atoms with Gasteiger partial charge in [0.15, 0.2) is 0 Å². The maximum atomic E-state index is 13.0. The van der Waals surface area contributed by atoms with Crippen LogP contribution in [0.15, 0.2) is 41.3 Å². The second kappa shape index (κ2) is 8.76. The van der Waals surface area contributed by atoms with Gasteiger partial charge in [-0.25, -0.2) is 0 Å². The molecule has 0 radical (unpaired) electrons. The van der Waals surface area contributed by atoms with Crippen molar-refractivity contribution in [2.45, 2.75) is 38.0 Å². The van der Waals surface area contributed by atoms with E-state index in [0.717, 1.165) is 18.4 Å². The first-order valence-corrected chi connectivity index (χ1v) is 11.3. The number of carbonyl (C=O) groups is 1. The largest absolute Gasteiger partial charge is 0.465 e. The van der Waals surface area contributed by atoms with Crippen molar-refractivity contribution in [3.05, 3.63) is 42.0 Å².